The molecule has 0 saturated carbocycles. The Labute approximate surface area is 67.4 Å². The number of carbonyl (C=O) groups excluding carboxylic acids is 1. The van der Waals surface area contributed by atoms with Crippen LogP contribution in [0.2, 0.25) is 0 Å². The standard InChI is InChI=1S/C8H16O3/c1-6(7(2)9)4-8(10)5-11-3/h6,8,10H,4-5H2,1-3H3. The molecule has 2 unspecified atom stereocenters. The number of ketones is 1. The molecule has 0 rings (SSSR count). The Morgan fingerprint density at radius 2 is 2.18 bits per heavy atom. The zero-order valence-electron chi connectivity index (χ0n) is 7.33. The Balaban J connectivity index is 3.56. The maximum atomic E-state index is 10.7. The molecule has 0 saturated heterocycles. The van der Waals surface area contributed by atoms with Gasteiger partial charge in [0.1, 0.15) is 5.78 Å². The fraction of sp³-hybridized carbons (Fsp3) is 0.875. The van der Waals surface area contributed by atoms with Crippen LogP contribution in [0.1, 0.15) is 20.3 Å². The predicted molar refractivity (Wildman–Crippen MR) is 42.3 cm³/mol. The summed E-state index contributed by atoms with van der Waals surface area (Å²) in [6.07, 6.45) is -0.0256. The molecule has 0 amide bonds. The van der Waals surface area contributed by atoms with Crippen molar-refractivity contribution in [3.8, 4) is 0 Å². The first-order valence-electron chi connectivity index (χ1n) is 3.75. The minimum absolute atomic E-state index is 0.0693. The quantitative estimate of drug-likeness (QED) is 0.641. The Kier molecular flexibility index (Phi) is 5.07. The number of ether oxygens (including phenoxy) is 1. The minimum Gasteiger partial charge on any atom is -0.391 e. The van der Waals surface area contributed by atoms with Crippen LogP contribution in [0.3, 0.4) is 0 Å². The smallest absolute Gasteiger partial charge is 0.132 e. The summed E-state index contributed by atoms with van der Waals surface area (Å²) < 4.78 is 4.72. The van der Waals surface area contributed by atoms with Crippen LogP contribution in [0.4, 0.5) is 0 Å². The highest BCUT2D eigenvalue weighted by Gasteiger charge is 2.13. The molecule has 0 aliphatic rings. The summed E-state index contributed by atoms with van der Waals surface area (Å²) >= 11 is 0. The molecule has 0 aromatic heterocycles. The molecule has 0 heterocycles. The van der Waals surface area contributed by atoms with E-state index in [1.807, 2.05) is 0 Å². The third-order valence-electron chi connectivity index (χ3n) is 1.68. The van der Waals surface area contributed by atoms with Crippen molar-refractivity contribution in [1.82, 2.24) is 0 Å². The van der Waals surface area contributed by atoms with Gasteiger partial charge in [-0.3, -0.25) is 4.79 Å². The van der Waals surface area contributed by atoms with E-state index in [4.69, 9.17) is 4.74 Å². The van der Waals surface area contributed by atoms with Crippen LogP contribution in [0.25, 0.3) is 0 Å². The topological polar surface area (TPSA) is 46.5 Å². The van der Waals surface area contributed by atoms with E-state index in [0.29, 0.717) is 13.0 Å². The lowest BCUT2D eigenvalue weighted by molar-refractivity contribution is -0.121. The number of aliphatic hydroxyl groups excluding tert-OH is 1. The molecule has 0 fully saturated rings. The van der Waals surface area contributed by atoms with E-state index < -0.39 is 6.10 Å². The molecule has 0 bridgehead atoms. The second-order valence-electron chi connectivity index (χ2n) is 2.86. The largest absolute Gasteiger partial charge is 0.391 e. The lowest BCUT2D eigenvalue weighted by Gasteiger charge is -2.12. The first-order chi connectivity index (χ1) is 5.07. The molecular weight excluding hydrogens is 144 g/mol. The molecule has 66 valence electrons. The Bertz CT molecular complexity index is 123. The van der Waals surface area contributed by atoms with Crippen LogP contribution < -0.4 is 0 Å². The fourth-order valence-electron chi connectivity index (χ4n) is 0.835. The molecule has 0 spiro atoms. The van der Waals surface area contributed by atoms with Crippen LogP contribution in [-0.2, 0) is 9.53 Å². The molecule has 11 heavy (non-hydrogen) atoms. The first kappa shape index (κ1) is 10.6. The van der Waals surface area contributed by atoms with E-state index in [2.05, 4.69) is 0 Å². The van der Waals surface area contributed by atoms with Crippen molar-refractivity contribution < 1.29 is 14.6 Å². The second kappa shape index (κ2) is 5.27. The molecule has 2 atom stereocenters. The lowest BCUT2D eigenvalue weighted by Crippen LogP contribution is -2.20. The van der Waals surface area contributed by atoms with E-state index in [9.17, 15) is 9.90 Å². The summed E-state index contributed by atoms with van der Waals surface area (Å²) in [7, 11) is 1.53. The molecule has 3 heteroatoms. The van der Waals surface area contributed by atoms with Gasteiger partial charge in [0.05, 0.1) is 12.7 Å². The number of methoxy groups -OCH3 is 1. The van der Waals surface area contributed by atoms with Gasteiger partial charge in [-0.1, -0.05) is 6.92 Å². The summed E-state index contributed by atoms with van der Waals surface area (Å²) in [5.74, 6) is 0.0419. The average Bonchev–Trinajstić information content (AvgIpc) is 1.87. The van der Waals surface area contributed by atoms with Gasteiger partial charge in [-0.2, -0.15) is 0 Å². The highest BCUT2D eigenvalue weighted by molar-refractivity contribution is 5.77. The molecule has 0 aromatic rings. The summed E-state index contributed by atoms with van der Waals surface area (Å²) in [6.45, 7) is 3.64. The number of carbonyl (C=O) groups is 1. The maximum absolute atomic E-state index is 10.7. The Hall–Kier alpha value is -0.410. The summed E-state index contributed by atoms with van der Waals surface area (Å²) in [4.78, 5) is 10.7. The van der Waals surface area contributed by atoms with Crippen LogP contribution in [0.5, 0.6) is 0 Å². The van der Waals surface area contributed by atoms with Crippen molar-refractivity contribution in [2.45, 2.75) is 26.4 Å². The number of rotatable bonds is 5. The van der Waals surface area contributed by atoms with Crippen LogP contribution >= 0.6 is 0 Å². The summed E-state index contributed by atoms with van der Waals surface area (Å²) in [5.41, 5.74) is 0. The van der Waals surface area contributed by atoms with Crippen molar-refractivity contribution in [2.75, 3.05) is 13.7 Å². The minimum atomic E-state index is -0.515. The Morgan fingerprint density at radius 3 is 2.55 bits per heavy atom. The Morgan fingerprint density at radius 1 is 1.64 bits per heavy atom. The normalized spacial score (nSPS) is 16.0. The van der Waals surface area contributed by atoms with Gasteiger partial charge >= 0.3 is 0 Å². The van der Waals surface area contributed by atoms with Gasteiger partial charge in [0.2, 0.25) is 0 Å². The summed E-state index contributed by atoms with van der Waals surface area (Å²) in [6, 6.07) is 0. The van der Waals surface area contributed by atoms with Crippen molar-refractivity contribution in [3.05, 3.63) is 0 Å². The number of hydrogen-bond acceptors (Lipinski definition) is 3. The third kappa shape index (κ3) is 4.93. The SMILES string of the molecule is COCC(O)CC(C)C(C)=O. The maximum Gasteiger partial charge on any atom is 0.132 e. The van der Waals surface area contributed by atoms with E-state index in [1.165, 1.54) is 14.0 Å². The zero-order chi connectivity index (χ0) is 8.85. The van der Waals surface area contributed by atoms with E-state index in [0.717, 1.165) is 0 Å². The average molecular weight is 160 g/mol. The third-order valence-corrected chi connectivity index (χ3v) is 1.68. The highest BCUT2D eigenvalue weighted by Crippen LogP contribution is 2.06. The van der Waals surface area contributed by atoms with Crippen molar-refractivity contribution in [1.29, 1.82) is 0 Å². The molecular formula is C8H16O3. The van der Waals surface area contributed by atoms with Crippen LogP contribution in [0, 0.1) is 5.92 Å². The van der Waals surface area contributed by atoms with Gasteiger partial charge in [0.15, 0.2) is 0 Å². The summed E-state index contributed by atoms with van der Waals surface area (Å²) in [5, 5.41) is 9.19. The first-order valence-corrected chi connectivity index (χ1v) is 3.75. The van der Waals surface area contributed by atoms with Gasteiger partial charge < -0.3 is 9.84 Å². The van der Waals surface area contributed by atoms with E-state index in [-0.39, 0.29) is 11.7 Å². The molecule has 0 radical (unpaired) electrons. The molecule has 0 aromatic carbocycles. The highest BCUT2D eigenvalue weighted by atomic mass is 16.5. The van der Waals surface area contributed by atoms with E-state index in [1.54, 1.807) is 6.92 Å². The lowest BCUT2D eigenvalue weighted by atomic mass is 10.0. The predicted octanol–water partition coefficient (Wildman–Crippen LogP) is 0.609. The van der Waals surface area contributed by atoms with Crippen molar-refractivity contribution in [3.63, 3.8) is 0 Å². The second-order valence-corrected chi connectivity index (χ2v) is 2.86. The molecule has 0 aliphatic carbocycles. The number of Topliss-reactive ketones (excluding diaryl/α,β-unsaturated/α-hetero) is 1. The molecule has 0 aliphatic heterocycles. The van der Waals surface area contributed by atoms with Crippen molar-refractivity contribution in [2.24, 2.45) is 5.92 Å². The van der Waals surface area contributed by atoms with E-state index >= 15 is 0 Å². The van der Waals surface area contributed by atoms with Gasteiger partial charge in [-0.25, -0.2) is 0 Å². The van der Waals surface area contributed by atoms with Crippen LogP contribution in [-0.4, -0.2) is 30.7 Å². The van der Waals surface area contributed by atoms with Crippen molar-refractivity contribution >= 4 is 5.78 Å². The van der Waals surface area contributed by atoms with Gasteiger partial charge in [0, 0.05) is 13.0 Å². The monoisotopic (exact) mass is 160 g/mol. The van der Waals surface area contributed by atoms with Gasteiger partial charge in [0.25, 0.3) is 0 Å². The van der Waals surface area contributed by atoms with Crippen LogP contribution in [0.15, 0.2) is 0 Å². The number of aliphatic hydroxyl groups is 1. The molecule has 1 N–H and O–H groups in total. The fourth-order valence-corrected chi connectivity index (χ4v) is 0.835. The number of hydrogen-bond donors (Lipinski definition) is 1. The molecule has 3 nitrogen and oxygen atoms in total. The zero-order valence-corrected chi connectivity index (χ0v) is 7.33. The van der Waals surface area contributed by atoms with Gasteiger partial charge in [-0.05, 0) is 13.3 Å². The van der Waals surface area contributed by atoms with Gasteiger partial charge in [-0.15, -0.1) is 0 Å².